The van der Waals surface area contributed by atoms with Crippen LogP contribution in [0.4, 0.5) is 0 Å². The van der Waals surface area contributed by atoms with Gasteiger partial charge in [-0.2, -0.15) is 5.10 Å². The van der Waals surface area contributed by atoms with Crippen LogP contribution < -0.4 is 5.32 Å². The second-order valence-corrected chi connectivity index (χ2v) is 4.38. The zero-order chi connectivity index (χ0) is 12.0. The molecule has 0 bridgehead atoms. The Morgan fingerprint density at radius 3 is 2.75 bits per heavy atom. The van der Waals surface area contributed by atoms with Crippen molar-refractivity contribution in [2.75, 3.05) is 6.61 Å². The van der Waals surface area contributed by atoms with Crippen LogP contribution in [0.5, 0.6) is 0 Å². The topological polar surface area (TPSA) is 52.0 Å². The predicted octanol–water partition coefficient (Wildman–Crippen LogP) is 1.20. The molecule has 0 saturated carbocycles. The summed E-state index contributed by atoms with van der Waals surface area (Å²) < 4.78 is 7.27. The highest BCUT2D eigenvalue weighted by atomic mass is 16.5. The molecule has 0 aliphatic heterocycles. The lowest BCUT2D eigenvalue weighted by molar-refractivity contribution is 0.0708. The first-order valence-electron chi connectivity index (χ1n) is 5.81. The van der Waals surface area contributed by atoms with E-state index >= 15 is 0 Å². The van der Waals surface area contributed by atoms with E-state index in [1.165, 1.54) is 0 Å². The Morgan fingerprint density at radius 1 is 1.38 bits per heavy atom. The van der Waals surface area contributed by atoms with Crippen molar-refractivity contribution in [1.82, 2.24) is 20.1 Å². The fourth-order valence-electron chi connectivity index (χ4n) is 1.20. The van der Waals surface area contributed by atoms with Gasteiger partial charge in [0.25, 0.3) is 0 Å². The van der Waals surface area contributed by atoms with Crippen LogP contribution in [0.3, 0.4) is 0 Å². The third-order valence-corrected chi connectivity index (χ3v) is 2.02. The molecule has 0 aliphatic rings. The Hall–Kier alpha value is -0.940. The average molecular weight is 226 g/mol. The van der Waals surface area contributed by atoms with Crippen LogP contribution in [0.25, 0.3) is 0 Å². The van der Waals surface area contributed by atoms with Crippen molar-refractivity contribution in [3.63, 3.8) is 0 Å². The maximum atomic E-state index is 5.45. The summed E-state index contributed by atoms with van der Waals surface area (Å²) in [5.41, 5.74) is 0. The summed E-state index contributed by atoms with van der Waals surface area (Å²) >= 11 is 0. The van der Waals surface area contributed by atoms with E-state index in [9.17, 15) is 0 Å². The molecular weight excluding hydrogens is 204 g/mol. The minimum atomic E-state index is 0.269. The van der Waals surface area contributed by atoms with Gasteiger partial charge in [0.05, 0.1) is 25.8 Å². The molecule has 0 spiro atoms. The molecule has 1 rings (SSSR count). The predicted molar refractivity (Wildman–Crippen MR) is 63.1 cm³/mol. The summed E-state index contributed by atoms with van der Waals surface area (Å²) in [6.07, 6.45) is 2.02. The third kappa shape index (κ3) is 5.23. The first-order chi connectivity index (χ1) is 7.58. The van der Waals surface area contributed by atoms with E-state index in [1.807, 2.05) is 18.5 Å². The lowest BCUT2D eigenvalue weighted by Gasteiger charge is -2.06. The van der Waals surface area contributed by atoms with E-state index in [0.717, 1.165) is 18.9 Å². The highest BCUT2D eigenvalue weighted by Gasteiger charge is 2.02. The second-order valence-electron chi connectivity index (χ2n) is 4.38. The van der Waals surface area contributed by atoms with Crippen molar-refractivity contribution in [1.29, 1.82) is 0 Å². The summed E-state index contributed by atoms with van der Waals surface area (Å²) in [7, 11) is 0. The standard InChI is InChI=1S/C11H22N4O/c1-9(2)12-7-11-13-8-15(14-11)5-6-16-10(3)4/h8-10,12H,5-7H2,1-4H3. The number of hydrogen-bond donors (Lipinski definition) is 1. The van der Waals surface area contributed by atoms with Crippen LogP contribution in [0.15, 0.2) is 6.33 Å². The Labute approximate surface area is 97.2 Å². The average Bonchev–Trinajstić information content (AvgIpc) is 2.62. The fraction of sp³-hybridized carbons (Fsp3) is 0.818. The molecule has 0 radical (unpaired) electrons. The largest absolute Gasteiger partial charge is 0.377 e. The van der Waals surface area contributed by atoms with Gasteiger partial charge in [0.15, 0.2) is 5.82 Å². The van der Waals surface area contributed by atoms with E-state index in [1.54, 1.807) is 6.33 Å². The Bertz CT molecular complexity index is 296. The molecule has 5 nitrogen and oxygen atoms in total. The molecule has 92 valence electrons. The second kappa shape index (κ2) is 6.60. The summed E-state index contributed by atoms with van der Waals surface area (Å²) in [6.45, 7) is 10.4. The Kier molecular flexibility index (Phi) is 5.42. The zero-order valence-electron chi connectivity index (χ0n) is 10.6. The molecule has 1 aromatic heterocycles. The van der Waals surface area contributed by atoms with Gasteiger partial charge < -0.3 is 10.1 Å². The minimum absolute atomic E-state index is 0.269. The highest BCUT2D eigenvalue weighted by Crippen LogP contribution is 1.93. The zero-order valence-corrected chi connectivity index (χ0v) is 10.6. The molecule has 1 aromatic rings. The van der Waals surface area contributed by atoms with Crippen LogP contribution in [0.2, 0.25) is 0 Å². The maximum Gasteiger partial charge on any atom is 0.164 e. The maximum absolute atomic E-state index is 5.45. The molecule has 0 saturated heterocycles. The van der Waals surface area contributed by atoms with E-state index in [-0.39, 0.29) is 6.10 Å². The molecule has 0 fully saturated rings. The van der Waals surface area contributed by atoms with E-state index < -0.39 is 0 Å². The number of ether oxygens (including phenoxy) is 1. The van der Waals surface area contributed by atoms with E-state index in [0.29, 0.717) is 12.6 Å². The molecule has 5 heteroatoms. The SMILES string of the molecule is CC(C)NCc1ncn(CCOC(C)C)n1. The molecule has 0 amide bonds. The fourth-order valence-corrected chi connectivity index (χ4v) is 1.20. The summed E-state index contributed by atoms with van der Waals surface area (Å²) in [6, 6.07) is 0.455. The van der Waals surface area contributed by atoms with Crippen molar-refractivity contribution in [3.8, 4) is 0 Å². The van der Waals surface area contributed by atoms with Gasteiger partial charge in [-0.15, -0.1) is 0 Å². The quantitative estimate of drug-likeness (QED) is 0.759. The molecule has 0 unspecified atom stereocenters. The van der Waals surface area contributed by atoms with E-state index in [2.05, 4.69) is 29.2 Å². The summed E-state index contributed by atoms with van der Waals surface area (Å²) in [5, 5.41) is 7.62. The van der Waals surface area contributed by atoms with Crippen LogP contribution in [0, 0.1) is 0 Å². The smallest absolute Gasteiger partial charge is 0.164 e. The lowest BCUT2D eigenvalue weighted by atomic mass is 10.4. The van der Waals surface area contributed by atoms with Gasteiger partial charge in [0, 0.05) is 6.04 Å². The number of hydrogen-bond acceptors (Lipinski definition) is 4. The van der Waals surface area contributed by atoms with Crippen LogP contribution >= 0.6 is 0 Å². The first-order valence-corrected chi connectivity index (χ1v) is 5.81. The number of nitrogens with zero attached hydrogens (tertiary/aromatic N) is 3. The van der Waals surface area contributed by atoms with Crippen molar-refractivity contribution in [2.45, 2.75) is 52.9 Å². The van der Waals surface area contributed by atoms with Gasteiger partial charge in [0.2, 0.25) is 0 Å². The van der Waals surface area contributed by atoms with Crippen molar-refractivity contribution in [3.05, 3.63) is 12.2 Å². The third-order valence-electron chi connectivity index (χ3n) is 2.02. The molecule has 0 aromatic carbocycles. The van der Waals surface area contributed by atoms with Gasteiger partial charge in [-0.3, -0.25) is 4.68 Å². The van der Waals surface area contributed by atoms with Crippen LogP contribution in [-0.2, 0) is 17.8 Å². The normalized spacial score (nSPS) is 11.6. The number of nitrogens with one attached hydrogen (secondary N) is 1. The summed E-state index contributed by atoms with van der Waals surface area (Å²) in [5.74, 6) is 0.832. The molecular formula is C11H22N4O. The lowest BCUT2D eigenvalue weighted by Crippen LogP contribution is -2.22. The van der Waals surface area contributed by atoms with Crippen LogP contribution in [0.1, 0.15) is 33.5 Å². The number of rotatable bonds is 7. The monoisotopic (exact) mass is 226 g/mol. The molecule has 1 N–H and O–H groups in total. The minimum Gasteiger partial charge on any atom is -0.377 e. The number of aromatic nitrogens is 3. The summed E-state index contributed by atoms with van der Waals surface area (Å²) in [4.78, 5) is 4.22. The molecule has 0 atom stereocenters. The van der Waals surface area contributed by atoms with E-state index in [4.69, 9.17) is 4.74 Å². The van der Waals surface area contributed by atoms with Crippen molar-refractivity contribution >= 4 is 0 Å². The highest BCUT2D eigenvalue weighted by molar-refractivity contribution is 4.81. The molecule has 16 heavy (non-hydrogen) atoms. The van der Waals surface area contributed by atoms with Gasteiger partial charge >= 0.3 is 0 Å². The molecule has 0 aliphatic carbocycles. The van der Waals surface area contributed by atoms with Gasteiger partial charge in [-0.25, -0.2) is 4.98 Å². The van der Waals surface area contributed by atoms with Gasteiger partial charge in [-0.05, 0) is 13.8 Å². The Balaban J connectivity index is 2.28. The van der Waals surface area contributed by atoms with Crippen molar-refractivity contribution < 1.29 is 4.74 Å². The Morgan fingerprint density at radius 2 is 2.12 bits per heavy atom. The first kappa shape index (κ1) is 13.1. The van der Waals surface area contributed by atoms with Crippen molar-refractivity contribution in [2.24, 2.45) is 0 Å². The van der Waals surface area contributed by atoms with Gasteiger partial charge in [0.1, 0.15) is 6.33 Å². The van der Waals surface area contributed by atoms with Crippen LogP contribution in [-0.4, -0.2) is 33.5 Å². The molecule has 1 heterocycles. The van der Waals surface area contributed by atoms with Gasteiger partial charge in [-0.1, -0.05) is 13.8 Å².